The van der Waals surface area contributed by atoms with Crippen LogP contribution >= 0.6 is 0 Å². The van der Waals surface area contributed by atoms with Crippen LogP contribution in [0.3, 0.4) is 0 Å². The molecular weight excluding hydrogens is 901 g/mol. The van der Waals surface area contributed by atoms with Crippen molar-refractivity contribution >= 4 is 17.9 Å². The molecule has 0 aromatic carbocycles. The van der Waals surface area contributed by atoms with Gasteiger partial charge in [-0.3, -0.25) is 14.4 Å². The molecule has 1 atom stereocenters. The first kappa shape index (κ1) is 70.4. The number of hydrogen-bond acceptors (Lipinski definition) is 6. The molecule has 0 aliphatic rings. The fraction of sp³-hybridized carbons (Fsp3) is 0.836. The van der Waals surface area contributed by atoms with E-state index >= 15 is 0 Å². The molecular formula is C67H122O6. The molecule has 0 aromatic rings. The number of carbonyl (C=O) groups excluding carboxylic acids is 3. The van der Waals surface area contributed by atoms with Gasteiger partial charge in [0.05, 0.1) is 0 Å². The highest BCUT2D eigenvalue weighted by Crippen LogP contribution is 2.18. The number of allylic oxidation sites excluding steroid dienone is 8. The summed E-state index contributed by atoms with van der Waals surface area (Å²) in [5, 5.41) is 0. The Labute approximate surface area is 454 Å². The highest BCUT2D eigenvalue weighted by atomic mass is 16.6. The normalized spacial score (nSPS) is 12.3. The second-order valence-corrected chi connectivity index (χ2v) is 21.7. The number of rotatable bonds is 59. The van der Waals surface area contributed by atoms with Gasteiger partial charge in [0.15, 0.2) is 6.10 Å². The average molecular weight is 1020 g/mol. The number of ether oxygens (including phenoxy) is 3. The van der Waals surface area contributed by atoms with E-state index in [9.17, 15) is 14.4 Å². The minimum Gasteiger partial charge on any atom is -0.462 e. The third kappa shape index (κ3) is 60.1. The van der Waals surface area contributed by atoms with Gasteiger partial charge >= 0.3 is 17.9 Å². The maximum Gasteiger partial charge on any atom is 0.306 e. The van der Waals surface area contributed by atoms with E-state index in [2.05, 4.69) is 69.4 Å². The molecule has 0 rings (SSSR count). The van der Waals surface area contributed by atoms with E-state index in [4.69, 9.17) is 14.2 Å². The standard InChI is InChI=1S/C67H122O6/c1-4-7-10-13-16-19-21-23-25-26-27-28-29-30-31-32-33-34-35-36-37-38-39-40-42-43-45-48-51-54-57-60-66(69)72-63-64(62-71-65(68)59-56-53-50-47-18-15-12-9-6-3)73-67(70)61-58-55-52-49-46-44-41-24-22-20-17-14-11-8-5-2/h8,11,17,20,24,41,46,49,64H,4-7,9-10,12-16,18-19,21-23,25-40,42-45,47-48,50-63H2,1-3H3/b11-8-,20-17-,41-24-,49-46-. The van der Waals surface area contributed by atoms with Crippen molar-refractivity contribution in [1.29, 1.82) is 0 Å². The molecule has 0 saturated carbocycles. The first-order chi connectivity index (χ1) is 36.0. The molecule has 0 fully saturated rings. The summed E-state index contributed by atoms with van der Waals surface area (Å²) in [5.41, 5.74) is 0. The van der Waals surface area contributed by atoms with E-state index in [1.165, 1.54) is 218 Å². The second kappa shape index (κ2) is 61.9. The molecule has 0 saturated heterocycles. The fourth-order valence-corrected chi connectivity index (χ4v) is 9.56. The minimum atomic E-state index is -0.791. The zero-order valence-electron chi connectivity index (χ0n) is 48.9. The highest BCUT2D eigenvalue weighted by Gasteiger charge is 2.19. The van der Waals surface area contributed by atoms with Crippen molar-refractivity contribution in [2.24, 2.45) is 0 Å². The van der Waals surface area contributed by atoms with Crippen molar-refractivity contribution in [3.8, 4) is 0 Å². The van der Waals surface area contributed by atoms with Crippen LogP contribution in [0.2, 0.25) is 0 Å². The summed E-state index contributed by atoms with van der Waals surface area (Å²) >= 11 is 0. The Bertz CT molecular complexity index is 1270. The maximum absolute atomic E-state index is 12.8. The maximum atomic E-state index is 12.8. The van der Waals surface area contributed by atoms with Crippen molar-refractivity contribution in [3.05, 3.63) is 48.6 Å². The minimum absolute atomic E-state index is 0.0859. The van der Waals surface area contributed by atoms with E-state index in [1.807, 2.05) is 0 Å². The molecule has 0 bridgehead atoms. The lowest BCUT2D eigenvalue weighted by Gasteiger charge is -2.18. The van der Waals surface area contributed by atoms with Crippen molar-refractivity contribution in [2.45, 2.75) is 348 Å². The molecule has 426 valence electrons. The zero-order valence-corrected chi connectivity index (χ0v) is 48.9. The van der Waals surface area contributed by atoms with Gasteiger partial charge in [-0.05, 0) is 57.8 Å². The summed E-state index contributed by atoms with van der Waals surface area (Å²) in [6, 6.07) is 0. The van der Waals surface area contributed by atoms with Gasteiger partial charge in [-0.25, -0.2) is 0 Å². The van der Waals surface area contributed by atoms with Crippen molar-refractivity contribution < 1.29 is 28.6 Å². The largest absolute Gasteiger partial charge is 0.462 e. The summed E-state index contributed by atoms with van der Waals surface area (Å²) in [6.07, 6.45) is 77.4. The third-order valence-corrected chi connectivity index (χ3v) is 14.3. The SMILES string of the molecule is CC/C=C\C/C=C\C/C=C\C/C=C\CCCCC(=O)OC(COC(=O)CCCCCCCCCCC)COC(=O)CCCCCCCCCCCCCCCCCCCCCCCCCCCCCCCCC. The van der Waals surface area contributed by atoms with E-state index in [0.717, 1.165) is 77.0 Å². The van der Waals surface area contributed by atoms with E-state index in [0.29, 0.717) is 19.3 Å². The Kier molecular flexibility index (Phi) is 59.7. The molecule has 0 N–H and O–H groups in total. The van der Waals surface area contributed by atoms with Crippen LogP contribution in [0.25, 0.3) is 0 Å². The zero-order chi connectivity index (χ0) is 52.9. The van der Waals surface area contributed by atoms with Crippen LogP contribution in [-0.2, 0) is 28.6 Å². The first-order valence-corrected chi connectivity index (χ1v) is 32.1. The van der Waals surface area contributed by atoms with Crippen LogP contribution in [0.5, 0.6) is 0 Å². The summed E-state index contributed by atoms with van der Waals surface area (Å²) in [7, 11) is 0. The van der Waals surface area contributed by atoms with Gasteiger partial charge in [0.1, 0.15) is 13.2 Å². The lowest BCUT2D eigenvalue weighted by atomic mass is 10.0. The number of unbranched alkanes of at least 4 members (excludes halogenated alkanes) is 40. The van der Waals surface area contributed by atoms with Crippen LogP contribution in [0.1, 0.15) is 342 Å². The van der Waals surface area contributed by atoms with E-state index in [-0.39, 0.29) is 37.5 Å². The number of esters is 3. The van der Waals surface area contributed by atoms with Crippen molar-refractivity contribution in [1.82, 2.24) is 0 Å². The fourth-order valence-electron chi connectivity index (χ4n) is 9.56. The quantitative estimate of drug-likeness (QED) is 0.0261. The average Bonchev–Trinajstić information content (AvgIpc) is 3.39. The van der Waals surface area contributed by atoms with E-state index < -0.39 is 6.10 Å². The van der Waals surface area contributed by atoms with E-state index in [1.54, 1.807) is 0 Å². The van der Waals surface area contributed by atoms with Crippen LogP contribution in [-0.4, -0.2) is 37.2 Å². The topological polar surface area (TPSA) is 78.9 Å². The molecule has 0 heterocycles. The van der Waals surface area contributed by atoms with Gasteiger partial charge in [-0.15, -0.1) is 0 Å². The third-order valence-electron chi connectivity index (χ3n) is 14.3. The van der Waals surface area contributed by atoms with Gasteiger partial charge < -0.3 is 14.2 Å². The molecule has 0 spiro atoms. The lowest BCUT2D eigenvalue weighted by Crippen LogP contribution is -2.30. The van der Waals surface area contributed by atoms with Gasteiger partial charge in [0.2, 0.25) is 0 Å². The van der Waals surface area contributed by atoms with Gasteiger partial charge in [-0.2, -0.15) is 0 Å². The van der Waals surface area contributed by atoms with Crippen molar-refractivity contribution in [2.75, 3.05) is 13.2 Å². The van der Waals surface area contributed by atoms with Crippen molar-refractivity contribution in [3.63, 3.8) is 0 Å². The Morgan fingerprint density at radius 3 is 0.836 bits per heavy atom. The summed E-state index contributed by atoms with van der Waals surface area (Å²) in [5.74, 6) is -0.915. The van der Waals surface area contributed by atoms with Crippen LogP contribution in [0, 0.1) is 0 Å². The molecule has 0 amide bonds. The molecule has 73 heavy (non-hydrogen) atoms. The molecule has 6 nitrogen and oxygen atoms in total. The van der Waals surface area contributed by atoms with Gasteiger partial charge in [0, 0.05) is 19.3 Å². The Balaban J connectivity index is 4.05. The Morgan fingerprint density at radius 1 is 0.288 bits per heavy atom. The summed E-state index contributed by atoms with van der Waals surface area (Å²) < 4.78 is 16.8. The van der Waals surface area contributed by atoms with Gasteiger partial charge in [0.25, 0.3) is 0 Å². The number of carbonyl (C=O) groups is 3. The van der Waals surface area contributed by atoms with Crippen LogP contribution in [0.4, 0.5) is 0 Å². The lowest BCUT2D eigenvalue weighted by molar-refractivity contribution is -0.167. The predicted octanol–water partition coefficient (Wildman–Crippen LogP) is 21.8. The van der Waals surface area contributed by atoms with Gasteiger partial charge in [-0.1, -0.05) is 313 Å². The smallest absolute Gasteiger partial charge is 0.306 e. The summed E-state index contributed by atoms with van der Waals surface area (Å²) in [6.45, 7) is 6.51. The molecule has 6 heteroatoms. The molecule has 0 aliphatic heterocycles. The highest BCUT2D eigenvalue weighted by molar-refractivity contribution is 5.71. The molecule has 0 aliphatic carbocycles. The Hall–Kier alpha value is -2.63. The number of hydrogen-bond donors (Lipinski definition) is 0. The molecule has 1 unspecified atom stereocenters. The second-order valence-electron chi connectivity index (χ2n) is 21.7. The summed E-state index contributed by atoms with van der Waals surface area (Å²) in [4.78, 5) is 38.1. The van der Waals surface area contributed by atoms with Crippen LogP contribution in [0.15, 0.2) is 48.6 Å². The van der Waals surface area contributed by atoms with Crippen LogP contribution < -0.4 is 0 Å². The monoisotopic (exact) mass is 1020 g/mol. The first-order valence-electron chi connectivity index (χ1n) is 32.1. The predicted molar refractivity (Wildman–Crippen MR) is 316 cm³/mol. The molecule has 0 radical (unpaired) electrons. The Morgan fingerprint density at radius 2 is 0.534 bits per heavy atom. The molecule has 0 aromatic heterocycles.